The van der Waals surface area contributed by atoms with Gasteiger partial charge < -0.3 is 14.2 Å². The van der Waals surface area contributed by atoms with Gasteiger partial charge in [-0.15, -0.1) is 0 Å². The number of rotatable bonds is 10. The molecule has 2 rings (SSSR count). The van der Waals surface area contributed by atoms with Crippen LogP contribution in [0.4, 0.5) is 0 Å². The topological polar surface area (TPSA) is 88.1 Å². The van der Waals surface area contributed by atoms with Gasteiger partial charge in [-0.05, 0) is 55.7 Å². The lowest BCUT2D eigenvalue weighted by Crippen LogP contribution is -2.16. The molecule has 0 aromatic heterocycles. The molecule has 7 nitrogen and oxygen atoms in total. The molecule has 8 heteroatoms. The number of hydrogen-bond acceptors (Lipinski definition) is 7. The maximum absolute atomic E-state index is 12.6. The van der Waals surface area contributed by atoms with Gasteiger partial charge in [0.1, 0.15) is 0 Å². The summed E-state index contributed by atoms with van der Waals surface area (Å²) in [6, 6.07) is 10.0. The van der Waals surface area contributed by atoms with Gasteiger partial charge in [0.2, 0.25) is 0 Å². The third-order valence-electron chi connectivity index (χ3n) is 4.87. The smallest absolute Gasteiger partial charge is 0.305 e. The lowest BCUT2D eigenvalue weighted by atomic mass is 9.91. The minimum Gasteiger partial charge on any atom is -0.493 e. The monoisotopic (exact) mass is 436 g/mol. The van der Waals surface area contributed by atoms with Crippen LogP contribution in [-0.4, -0.2) is 42.3 Å². The largest absolute Gasteiger partial charge is 0.493 e. The van der Waals surface area contributed by atoms with Gasteiger partial charge in [0.25, 0.3) is 10.1 Å². The van der Waals surface area contributed by atoms with Crippen LogP contribution in [0.3, 0.4) is 0 Å². The first-order valence-corrected chi connectivity index (χ1v) is 10.9. The second kappa shape index (κ2) is 10.4. The molecule has 0 unspecified atom stereocenters. The molecule has 0 fully saturated rings. The van der Waals surface area contributed by atoms with Crippen LogP contribution in [0.2, 0.25) is 0 Å². The molecule has 0 saturated heterocycles. The molecular formula is C22H28O7S. The van der Waals surface area contributed by atoms with E-state index in [1.54, 1.807) is 25.3 Å². The van der Waals surface area contributed by atoms with E-state index in [-0.39, 0.29) is 29.8 Å². The van der Waals surface area contributed by atoms with E-state index in [1.165, 1.54) is 26.4 Å². The van der Waals surface area contributed by atoms with E-state index >= 15 is 0 Å². The van der Waals surface area contributed by atoms with Gasteiger partial charge in [-0.2, -0.15) is 8.42 Å². The number of benzene rings is 2. The molecule has 0 N–H and O–H groups in total. The highest BCUT2D eigenvalue weighted by molar-refractivity contribution is 7.86. The molecular weight excluding hydrogens is 408 g/mol. The standard InChI is InChI=1S/C22H28O7S/c1-15-6-9-18(10-7-15)30(24,25)29-14-17(8-11-22(23)28-5)19-13-21(27-4)20(26-3)12-16(19)2/h6-7,9-10,12-13,17H,8,11,14H2,1-5H3/t17-/m1/s1. The summed E-state index contributed by atoms with van der Waals surface area (Å²) in [5.74, 6) is 0.338. The fourth-order valence-corrected chi connectivity index (χ4v) is 4.05. The third-order valence-corrected chi connectivity index (χ3v) is 6.17. The number of ether oxygens (including phenoxy) is 3. The Kier molecular flexibility index (Phi) is 8.25. The predicted molar refractivity (Wildman–Crippen MR) is 113 cm³/mol. The van der Waals surface area contributed by atoms with Gasteiger partial charge in [0.05, 0.1) is 32.8 Å². The lowest BCUT2D eigenvalue weighted by molar-refractivity contribution is -0.140. The summed E-state index contributed by atoms with van der Waals surface area (Å²) in [7, 11) is 0.450. The molecule has 0 aliphatic heterocycles. The van der Waals surface area contributed by atoms with Gasteiger partial charge in [0, 0.05) is 12.3 Å². The number of methoxy groups -OCH3 is 3. The van der Waals surface area contributed by atoms with Crippen LogP contribution in [-0.2, 0) is 23.8 Å². The fourth-order valence-electron chi connectivity index (χ4n) is 3.10. The molecule has 0 bridgehead atoms. The minimum absolute atomic E-state index is 0.0869. The number of carbonyl (C=O) groups excluding carboxylic acids is 1. The van der Waals surface area contributed by atoms with Crippen molar-refractivity contribution in [1.29, 1.82) is 0 Å². The van der Waals surface area contributed by atoms with E-state index in [0.29, 0.717) is 17.9 Å². The van der Waals surface area contributed by atoms with E-state index in [9.17, 15) is 13.2 Å². The molecule has 2 aromatic carbocycles. The summed E-state index contributed by atoms with van der Waals surface area (Å²) in [6.45, 7) is 3.64. The molecule has 30 heavy (non-hydrogen) atoms. The molecule has 1 atom stereocenters. The fraction of sp³-hybridized carbons (Fsp3) is 0.409. The highest BCUT2D eigenvalue weighted by Crippen LogP contribution is 2.35. The van der Waals surface area contributed by atoms with E-state index in [0.717, 1.165) is 16.7 Å². The first-order chi connectivity index (χ1) is 14.2. The molecule has 0 aliphatic rings. The Morgan fingerprint density at radius 1 is 0.967 bits per heavy atom. The Hall–Kier alpha value is -2.58. The highest BCUT2D eigenvalue weighted by atomic mass is 32.2. The van der Waals surface area contributed by atoms with Gasteiger partial charge in [0.15, 0.2) is 11.5 Å². The second-order valence-corrected chi connectivity index (χ2v) is 8.54. The molecule has 2 aromatic rings. The molecule has 0 heterocycles. The van der Waals surface area contributed by atoms with E-state index in [1.807, 2.05) is 19.9 Å². The number of hydrogen-bond donors (Lipinski definition) is 0. The first-order valence-electron chi connectivity index (χ1n) is 9.47. The van der Waals surface area contributed by atoms with Gasteiger partial charge >= 0.3 is 5.97 Å². The van der Waals surface area contributed by atoms with Crippen molar-refractivity contribution in [1.82, 2.24) is 0 Å². The van der Waals surface area contributed by atoms with E-state index < -0.39 is 10.1 Å². The van der Waals surface area contributed by atoms with Crippen molar-refractivity contribution >= 4 is 16.1 Å². The van der Waals surface area contributed by atoms with Crippen molar-refractivity contribution < 1.29 is 31.6 Å². The number of esters is 1. The van der Waals surface area contributed by atoms with Crippen molar-refractivity contribution in [3.63, 3.8) is 0 Å². The Labute approximate surface area is 178 Å². The van der Waals surface area contributed by atoms with Crippen molar-refractivity contribution in [2.24, 2.45) is 0 Å². The average Bonchev–Trinajstić information content (AvgIpc) is 2.73. The van der Waals surface area contributed by atoms with Crippen molar-refractivity contribution in [3.05, 3.63) is 53.1 Å². The summed E-state index contributed by atoms with van der Waals surface area (Å²) < 4.78 is 46.1. The molecule has 0 radical (unpaired) electrons. The highest BCUT2D eigenvalue weighted by Gasteiger charge is 2.23. The first kappa shape index (κ1) is 23.7. The van der Waals surface area contributed by atoms with Gasteiger partial charge in [-0.3, -0.25) is 8.98 Å². The van der Waals surface area contributed by atoms with Crippen LogP contribution < -0.4 is 9.47 Å². The summed E-state index contributed by atoms with van der Waals surface area (Å²) in [6.07, 6.45) is 0.481. The maximum atomic E-state index is 12.6. The normalized spacial score (nSPS) is 12.3. The summed E-state index contributed by atoms with van der Waals surface area (Å²) in [5, 5.41) is 0. The Balaban J connectivity index is 2.31. The van der Waals surface area contributed by atoms with E-state index in [2.05, 4.69) is 0 Å². The van der Waals surface area contributed by atoms with Crippen molar-refractivity contribution in [2.75, 3.05) is 27.9 Å². The van der Waals surface area contributed by atoms with Crippen LogP contribution in [0.25, 0.3) is 0 Å². The second-order valence-electron chi connectivity index (χ2n) is 6.93. The van der Waals surface area contributed by atoms with Crippen molar-refractivity contribution in [2.45, 2.75) is 37.5 Å². The van der Waals surface area contributed by atoms with Gasteiger partial charge in [-0.1, -0.05) is 17.7 Å². The zero-order chi connectivity index (χ0) is 22.3. The van der Waals surface area contributed by atoms with Crippen LogP contribution in [0, 0.1) is 13.8 Å². The maximum Gasteiger partial charge on any atom is 0.305 e. The van der Waals surface area contributed by atoms with E-state index in [4.69, 9.17) is 18.4 Å². The third kappa shape index (κ3) is 5.96. The molecule has 164 valence electrons. The SMILES string of the molecule is COC(=O)CC[C@H](COS(=O)(=O)c1ccc(C)cc1)c1cc(OC)c(OC)cc1C. The zero-order valence-corrected chi connectivity index (χ0v) is 18.7. The average molecular weight is 437 g/mol. The molecule has 0 amide bonds. The minimum atomic E-state index is -3.94. The van der Waals surface area contributed by atoms with Crippen LogP contribution >= 0.6 is 0 Å². The predicted octanol–water partition coefficient (Wildman–Crippen LogP) is 3.76. The Bertz CT molecular complexity index is 966. The number of carbonyl (C=O) groups is 1. The molecule has 0 spiro atoms. The molecule has 0 saturated carbocycles. The Morgan fingerprint density at radius 2 is 1.57 bits per heavy atom. The van der Waals surface area contributed by atoms with Gasteiger partial charge in [-0.25, -0.2) is 0 Å². The zero-order valence-electron chi connectivity index (χ0n) is 17.9. The lowest BCUT2D eigenvalue weighted by Gasteiger charge is -2.21. The number of aryl methyl sites for hydroxylation is 2. The van der Waals surface area contributed by atoms with Crippen LogP contribution in [0.15, 0.2) is 41.3 Å². The summed E-state index contributed by atoms with van der Waals surface area (Å²) in [4.78, 5) is 11.8. The molecule has 0 aliphatic carbocycles. The van der Waals surface area contributed by atoms with Crippen molar-refractivity contribution in [3.8, 4) is 11.5 Å². The Morgan fingerprint density at radius 3 is 2.13 bits per heavy atom. The quantitative estimate of drug-likeness (QED) is 0.414. The summed E-state index contributed by atoms with van der Waals surface area (Å²) >= 11 is 0. The van der Waals surface area contributed by atoms with Crippen LogP contribution in [0.1, 0.15) is 35.4 Å². The van der Waals surface area contributed by atoms with Crippen LogP contribution in [0.5, 0.6) is 11.5 Å². The summed E-state index contributed by atoms with van der Waals surface area (Å²) in [5.41, 5.74) is 2.64.